The fourth-order valence-corrected chi connectivity index (χ4v) is 6.20. The Morgan fingerprint density at radius 1 is 1.07 bits per heavy atom. The highest BCUT2D eigenvalue weighted by molar-refractivity contribution is 7.92. The van der Waals surface area contributed by atoms with Gasteiger partial charge in [-0.05, 0) is 62.9 Å². The van der Waals surface area contributed by atoms with Crippen molar-refractivity contribution in [2.24, 2.45) is 0 Å². The molecule has 1 atom stereocenters. The number of hydrogen-bond donors (Lipinski definition) is 1. The SMILES string of the molecule is CCOc1ccccc1N(CCCC(=O)N(Cc1ccc(Cl)c(Cl)c1)[C@@H](C)C(=O)NC1CCCCC1)S(C)(=O)=O. The molecule has 0 bridgehead atoms. The summed E-state index contributed by atoms with van der Waals surface area (Å²) in [6.45, 7) is 4.18. The minimum atomic E-state index is -3.64. The van der Waals surface area contributed by atoms with Crippen molar-refractivity contribution in [1.82, 2.24) is 10.2 Å². The van der Waals surface area contributed by atoms with Crippen LogP contribution in [0.3, 0.4) is 0 Å². The van der Waals surface area contributed by atoms with Gasteiger partial charge >= 0.3 is 0 Å². The summed E-state index contributed by atoms with van der Waals surface area (Å²) in [5, 5.41) is 3.88. The van der Waals surface area contributed by atoms with E-state index in [9.17, 15) is 18.0 Å². The van der Waals surface area contributed by atoms with Gasteiger partial charge in [0.1, 0.15) is 11.8 Å². The number of amides is 2. The lowest BCUT2D eigenvalue weighted by Gasteiger charge is -2.31. The highest BCUT2D eigenvalue weighted by Gasteiger charge is 2.29. The fraction of sp³-hybridized carbons (Fsp3) is 0.517. The molecule has 11 heteroatoms. The minimum absolute atomic E-state index is 0.0468. The van der Waals surface area contributed by atoms with Crippen molar-refractivity contribution in [2.45, 2.75) is 77.4 Å². The monoisotopic (exact) mass is 611 g/mol. The molecule has 0 aliphatic heterocycles. The molecular weight excluding hydrogens is 573 g/mol. The van der Waals surface area contributed by atoms with E-state index in [0.717, 1.165) is 37.5 Å². The molecule has 220 valence electrons. The van der Waals surface area contributed by atoms with Crippen molar-refractivity contribution in [3.05, 3.63) is 58.1 Å². The molecule has 1 fully saturated rings. The molecule has 0 aromatic heterocycles. The van der Waals surface area contributed by atoms with Gasteiger partial charge in [0.25, 0.3) is 0 Å². The van der Waals surface area contributed by atoms with Crippen LogP contribution >= 0.6 is 23.2 Å². The Bertz CT molecular complexity index is 1270. The molecule has 2 aromatic carbocycles. The quantitative estimate of drug-likeness (QED) is 0.308. The molecule has 0 saturated heterocycles. The Labute approximate surface area is 248 Å². The van der Waals surface area contributed by atoms with Crippen molar-refractivity contribution >= 4 is 50.7 Å². The van der Waals surface area contributed by atoms with Crippen LogP contribution in [0.4, 0.5) is 5.69 Å². The molecule has 1 aliphatic carbocycles. The van der Waals surface area contributed by atoms with Crippen LogP contribution in [0, 0.1) is 0 Å². The molecule has 0 heterocycles. The second-order valence-electron chi connectivity index (χ2n) is 10.1. The smallest absolute Gasteiger partial charge is 0.242 e. The highest BCUT2D eigenvalue weighted by Crippen LogP contribution is 2.30. The summed E-state index contributed by atoms with van der Waals surface area (Å²) in [4.78, 5) is 28.3. The maximum Gasteiger partial charge on any atom is 0.242 e. The van der Waals surface area contributed by atoms with E-state index in [1.54, 1.807) is 49.4 Å². The van der Waals surface area contributed by atoms with Crippen molar-refractivity contribution < 1.29 is 22.7 Å². The molecule has 0 spiro atoms. The van der Waals surface area contributed by atoms with Crippen LogP contribution < -0.4 is 14.4 Å². The van der Waals surface area contributed by atoms with Crippen LogP contribution in [-0.4, -0.2) is 56.6 Å². The Balaban J connectivity index is 1.76. The van der Waals surface area contributed by atoms with Crippen molar-refractivity contribution in [3.63, 3.8) is 0 Å². The first-order valence-corrected chi connectivity index (χ1v) is 16.3. The normalized spacial score (nSPS) is 14.8. The van der Waals surface area contributed by atoms with Gasteiger partial charge in [0, 0.05) is 25.6 Å². The minimum Gasteiger partial charge on any atom is -0.492 e. The third-order valence-electron chi connectivity index (χ3n) is 7.04. The lowest BCUT2D eigenvalue weighted by molar-refractivity contribution is -0.141. The van der Waals surface area contributed by atoms with E-state index in [2.05, 4.69) is 5.32 Å². The Morgan fingerprint density at radius 3 is 2.42 bits per heavy atom. The van der Waals surface area contributed by atoms with Gasteiger partial charge in [-0.25, -0.2) is 8.42 Å². The number of carbonyl (C=O) groups excluding carboxylic acids is 2. The number of ether oxygens (including phenoxy) is 1. The molecule has 1 saturated carbocycles. The standard InChI is InChI=1S/C29H39Cl2N3O5S/c1-4-39-27-14-9-8-13-26(27)34(40(3,37)38)18-10-15-28(35)33(20-22-16-17-24(30)25(31)19-22)21(2)29(36)32-23-11-6-5-7-12-23/h8-9,13-14,16-17,19,21,23H,4-7,10-12,15,18,20H2,1-3H3,(H,32,36)/t21-/m0/s1. The topological polar surface area (TPSA) is 96.0 Å². The summed E-state index contributed by atoms with van der Waals surface area (Å²) in [6, 6.07) is 11.4. The summed E-state index contributed by atoms with van der Waals surface area (Å²) in [5.74, 6) is -0.0105. The molecule has 0 unspecified atom stereocenters. The van der Waals surface area contributed by atoms with Gasteiger partial charge in [0.05, 0.1) is 28.6 Å². The number of halogens is 2. The number of benzene rings is 2. The number of rotatable bonds is 13. The predicted molar refractivity (Wildman–Crippen MR) is 161 cm³/mol. The molecule has 0 radical (unpaired) electrons. The first kappa shape index (κ1) is 32.0. The van der Waals surface area contributed by atoms with Gasteiger partial charge in [-0.3, -0.25) is 13.9 Å². The Morgan fingerprint density at radius 2 is 1.77 bits per heavy atom. The zero-order valence-corrected chi connectivity index (χ0v) is 25.7. The van der Waals surface area contributed by atoms with Gasteiger partial charge in [-0.2, -0.15) is 0 Å². The zero-order chi connectivity index (χ0) is 29.3. The lowest BCUT2D eigenvalue weighted by atomic mass is 9.95. The molecule has 2 amide bonds. The lowest BCUT2D eigenvalue weighted by Crippen LogP contribution is -2.50. The van der Waals surface area contributed by atoms with Crippen LogP contribution in [-0.2, 0) is 26.2 Å². The van der Waals surface area contributed by atoms with Crippen LogP contribution in [0.25, 0.3) is 0 Å². The second kappa shape index (κ2) is 14.9. The number of para-hydroxylation sites is 2. The maximum atomic E-state index is 13.6. The van der Waals surface area contributed by atoms with Crippen molar-refractivity contribution in [1.29, 1.82) is 0 Å². The summed E-state index contributed by atoms with van der Waals surface area (Å²) >= 11 is 12.3. The van der Waals surface area contributed by atoms with Gasteiger partial charge in [0.2, 0.25) is 21.8 Å². The van der Waals surface area contributed by atoms with Crippen molar-refractivity contribution in [2.75, 3.05) is 23.7 Å². The molecular formula is C29H39Cl2N3O5S. The number of carbonyl (C=O) groups is 2. The van der Waals surface area contributed by atoms with Crippen LogP contribution in [0.15, 0.2) is 42.5 Å². The summed E-state index contributed by atoms with van der Waals surface area (Å²) in [7, 11) is -3.64. The number of anilines is 1. The first-order chi connectivity index (χ1) is 19.0. The number of sulfonamides is 1. The summed E-state index contributed by atoms with van der Waals surface area (Å²) in [6.07, 6.45) is 6.62. The van der Waals surface area contributed by atoms with E-state index in [0.29, 0.717) is 28.1 Å². The zero-order valence-electron chi connectivity index (χ0n) is 23.4. The van der Waals surface area contributed by atoms with E-state index in [1.807, 2.05) is 6.92 Å². The van der Waals surface area contributed by atoms with Gasteiger partial charge < -0.3 is 15.0 Å². The second-order valence-corrected chi connectivity index (χ2v) is 12.9. The molecule has 2 aromatic rings. The number of nitrogens with one attached hydrogen (secondary N) is 1. The third kappa shape index (κ3) is 9.01. The number of nitrogens with zero attached hydrogens (tertiary/aromatic N) is 2. The maximum absolute atomic E-state index is 13.6. The molecule has 8 nitrogen and oxygen atoms in total. The average Bonchev–Trinajstić information content (AvgIpc) is 2.92. The van der Waals surface area contributed by atoms with Crippen LogP contribution in [0.2, 0.25) is 10.0 Å². The molecule has 40 heavy (non-hydrogen) atoms. The van der Waals surface area contributed by atoms with Crippen LogP contribution in [0.1, 0.15) is 64.4 Å². The van der Waals surface area contributed by atoms with Crippen molar-refractivity contribution in [3.8, 4) is 5.75 Å². The van der Waals surface area contributed by atoms with Gasteiger partial charge in [-0.1, -0.05) is 60.7 Å². The number of hydrogen-bond acceptors (Lipinski definition) is 5. The summed E-state index contributed by atoms with van der Waals surface area (Å²) in [5.41, 5.74) is 1.16. The molecule has 1 N–H and O–H groups in total. The van der Waals surface area contributed by atoms with Gasteiger partial charge in [-0.15, -0.1) is 0 Å². The van der Waals surface area contributed by atoms with E-state index < -0.39 is 16.1 Å². The van der Waals surface area contributed by atoms with E-state index in [1.165, 1.54) is 15.6 Å². The largest absolute Gasteiger partial charge is 0.492 e. The van der Waals surface area contributed by atoms with Crippen LogP contribution in [0.5, 0.6) is 5.75 Å². The van der Waals surface area contributed by atoms with E-state index in [4.69, 9.17) is 27.9 Å². The highest BCUT2D eigenvalue weighted by atomic mass is 35.5. The summed E-state index contributed by atoms with van der Waals surface area (Å²) < 4.78 is 32.3. The average molecular weight is 613 g/mol. The van der Waals surface area contributed by atoms with E-state index in [-0.39, 0.29) is 43.8 Å². The molecule has 3 rings (SSSR count). The Hall–Kier alpha value is -2.49. The first-order valence-electron chi connectivity index (χ1n) is 13.7. The molecule has 1 aliphatic rings. The predicted octanol–water partition coefficient (Wildman–Crippen LogP) is 5.80. The van der Waals surface area contributed by atoms with Gasteiger partial charge in [0.15, 0.2) is 0 Å². The van der Waals surface area contributed by atoms with E-state index >= 15 is 0 Å². The third-order valence-corrected chi connectivity index (χ3v) is 8.96. The fourth-order valence-electron chi connectivity index (χ4n) is 4.91. The Kier molecular flexibility index (Phi) is 12.0.